The first-order valence-corrected chi connectivity index (χ1v) is 7.00. The summed E-state index contributed by atoms with van der Waals surface area (Å²) in [5.74, 6) is 0.331. The Bertz CT molecular complexity index is 661. The standard InChI is InChI=1S/C16H18N2O4/c1-4-11(3)21-13-7-5-12(6-8-13)15-17-14(22-18-15)9-10(2)16(19)20/h5-8,11H,2,4,9H2,1,3H3,(H,19,20). The molecule has 0 spiro atoms. The zero-order valence-electron chi connectivity index (χ0n) is 12.6. The summed E-state index contributed by atoms with van der Waals surface area (Å²) < 4.78 is 10.7. The molecule has 22 heavy (non-hydrogen) atoms. The van der Waals surface area contributed by atoms with Crippen molar-refractivity contribution in [1.82, 2.24) is 10.1 Å². The zero-order chi connectivity index (χ0) is 16.1. The van der Waals surface area contributed by atoms with Crippen LogP contribution < -0.4 is 4.74 Å². The molecule has 0 fully saturated rings. The molecule has 1 atom stereocenters. The van der Waals surface area contributed by atoms with E-state index in [-0.39, 0.29) is 24.0 Å². The number of ether oxygens (including phenoxy) is 1. The van der Waals surface area contributed by atoms with Gasteiger partial charge in [-0.1, -0.05) is 18.7 Å². The van der Waals surface area contributed by atoms with Crippen LogP contribution in [0.3, 0.4) is 0 Å². The maximum atomic E-state index is 10.7. The van der Waals surface area contributed by atoms with Crippen LogP contribution >= 0.6 is 0 Å². The molecule has 0 bridgehead atoms. The van der Waals surface area contributed by atoms with Crippen LogP contribution in [-0.4, -0.2) is 27.3 Å². The number of carboxylic acid groups (broad SMARTS) is 1. The van der Waals surface area contributed by atoms with Gasteiger partial charge in [-0.15, -0.1) is 0 Å². The van der Waals surface area contributed by atoms with E-state index < -0.39 is 5.97 Å². The molecule has 0 amide bonds. The summed E-state index contributed by atoms with van der Waals surface area (Å²) in [6, 6.07) is 7.35. The first-order valence-electron chi connectivity index (χ1n) is 7.00. The molecular weight excluding hydrogens is 284 g/mol. The van der Waals surface area contributed by atoms with E-state index >= 15 is 0 Å². The second-order valence-electron chi connectivity index (χ2n) is 4.96. The molecule has 0 saturated carbocycles. The zero-order valence-corrected chi connectivity index (χ0v) is 12.6. The molecule has 1 unspecified atom stereocenters. The lowest BCUT2D eigenvalue weighted by molar-refractivity contribution is -0.132. The highest BCUT2D eigenvalue weighted by atomic mass is 16.5. The SMILES string of the molecule is C=C(Cc1nc(-c2ccc(OC(C)CC)cc2)no1)C(=O)O. The second kappa shape index (κ2) is 6.89. The van der Waals surface area contributed by atoms with Gasteiger partial charge < -0.3 is 14.4 Å². The molecular formula is C16H18N2O4. The van der Waals surface area contributed by atoms with Gasteiger partial charge in [0.15, 0.2) is 0 Å². The molecule has 2 rings (SSSR count). The van der Waals surface area contributed by atoms with Crippen molar-refractivity contribution in [3.8, 4) is 17.1 Å². The molecule has 0 aliphatic rings. The monoisotopic (exact) mass is 302 g/mol. The van der Waals surface area contributed by atoms with Crippen LogP contribution in [0.2, 0.25) is 0 Å². The van der Waals surface area contributed by atoms with Crippen molar-refractivity contribution in [3.05, 3.63) is 42.3 Å². The lowest BCUT2D eigenvalue weighted by Gasteiger charge is -2.12. The smallest absolute Gasteiger partial charge is 0.331 e. The summed E-state index contributed by atoms with van der Waals surface area (Å²) in [7, 11) is 0. The van der Waals surface area contributed by atoms with Gasteiger partial charge in [0.2, 0.25) is 11.7 Å². The number of carboxylic acids is 1. The van der Waals surface area contributed by atoms with Crippen LogP contribution in [0.1, 0.15) is 26.2 Å². The minimum Gasteiger partial charge on any atom is -0.491 e. The van der Waals surface area contributed by atoms with Gasteiger partial charge in [-0.25, -0.2) is 4.79 Å². The summed E-state index contributed by atoms with van der Waals surface area (Å²) in [6.45, 7) is 7.50. The molecule has 6 nitrogen and oxygen atoms in total. The fraction of sp³-hybridized carbons (Fsp3) is 0.312. The highest BCUT2D eigenvalue weighted by molar-refractivity contribution is 5.86. The van der Waals surface area contributed by atoms with Gasteiger partial charge in [0, 0.05) is 11.1 Å². The molecule has 2 aromatic rings. The predicted molar refractivity (Wildman–Crippen MR) is 80.6 cm³/mol. The molecule has 0 radical (unpaired) electrons. The van der Waals surface area contributed by atoms with Gasteiger partial charge in [0.1, 0.15) is 5.75 Å². The van der Waals surface area contributed by atoms with Crippen molar-refractivity contribution in [2.24, 2.45) is 0 Å². The number of aromatic nitrogens is 2. The molecule has 0 saturated heterocycles. The minimum atomic E-state index is -1.08. The van der Waals surface area contributed by atoms with E-state index in [2.05, 4.69) is 23.6 Å². The molecule has 116 valence electrons. The topological polar surface area (TPSA) is 85.5 Å². The lowest BCUT2D eigenvalue weighted by atomic mass is 10.2. The van der Waals surface area contributed by atoms with Crippen molar-refractivity contribution < 1.29 is 19.2 Å². The van der Waals surface area contributed by atoms with Crippen LogP contribution in [0.5, 0.6) is 5.75 Å². The average Bonchev–Trinajstić information content (AvgIpc) is 2.96. The van der Waals surface area contributed by atoms with Crippen LogP contribution in [0, 0.1) is 0 Å². The molecule has 1 N–H and O–H groups in total. The van der Waals surface area contributed by atoms with Gasteiger partial charge in [-0.05, 0) is 37.6 Å². The normalized spacial score (nSPS) is 11.9. The maximum Gasteiger partial charge on any atom is 0.331 e. The molecule has 1 heterocycles. The third-order valence-electron chi connectivity index (χ3n) is 3.16. The Morgan fingerprint density at radius 2 is 2.09 bits per heavy atom. The highest BCUT2D eigenvalue weighted by Gasteiger charge is 2.13. The van der Waals surface area contributed by atoms with Crippen molar-refractivity contribution in [3.63, 3.8) is 0 Å². The fourth-order valence-corrected chi connectivity index (χ4v) is 1.70. The van der Waals surface area contributed by atoms with E-state index in [0.717, 1.165) is 17.7 Å². The van der Waals surface area contributed by atoms with Gasteiger partial charge in [0.25, 0.3) is 0 Å². The highest BCUT2D eigenvalue weighted by Crippen LogP contribution is 2.21. The third-order valence-corrected chi connectivity index (χ3v) is 3.16. The largest absolute Gasteiger partial charge is 0.491 e. The maximum absolute atomic E-state index is 10.7. The summed E-state index contributed by atoms with van der Waals surface area (Å²) in [5, 5.41) is 12.6. The lowest BCUT2D eigenvalue weighted by Crippen LogP contribution is -2.09. The van der Waals surface area contributed by atoms with E-state index in [1.165, 1.54) is 0 Å². The van der Waals surface area contributed by atoms with Gasteiger partial charge in [-0.3, -0.25) is 0 Å². The molecule has 6 heteroatoms. The Hall–Kier alpha value is -2.63. The van der Waals surface area contributed by atoms with E-state index in [1.807, 2.05) is 31.2 Å². The predicted octanol–water partition coefficient (Wildman–Crippen LogP) is 3.10. The molecule has 0 aliphatic heterocycles. The first-order chi connectivity index (χ1) is 10.5. The van der Waals surface area contributed by atoms with Crippen LogP contribution in [-0.2, 0) is 11.2 Å². The van der Waals surface area contributed by atoms with E-state index in [4.69, 9.17) is 14.4 Å². The second-order valence-corrected chi connectivity index (χ2v) is 4.96. The van der Waals surface area contributed by atoms with Crippen molar-refractivity contribution in [1.29, 1.82) is 0 Å². The van der Waals surface area contributed by atoms with Gasteiger partial charge in [0.05, 0.1) is 12.5 Å². The van der Waals surface area contributed by atoms with Crippen LogP contribution in [0.15, 0.2) is 40.9 Å². The van der Waals surface area contributed by atoms with Gasteiger partial charge in [-0.2, -0.15) is 4.98 Å². The van der Waals surface area contributed by atoms with Crippen LogP contribution in [0.4, 0.5) is 0 Å². The molecule has 0 aliphatic carbocycles. The van der Waals surface area contributed by atoms with Crippen molar-refractivity contribution >= 4 is 5.97 Å². The Labute approximate surface area is 128 Å². The number of benzene rings is 1. The Balaban J connectivity index is 2.07. The molecule has 1 aromatic carbocycles. The van der Waals surface area contributed by atoms with E-state index in [9.17, 15) is 4.79 Å². The summed E-state index contributed by atoms with van der Waals surface area (Å²) >= 11 is 0. The minimum absolute atomic E-state index is 0.00695. The molecule has 1 aromatic heterocycles. The number of hydrogen-bond acceptors (Lipinski definition) is 5. The van der Waals surface area contributed by atoms with E-state index in [0.29, 0.717) is 5.82 Å². The fourth-order valence-electron chi connectivity index (χ4n) is 1.70. The van der Waals surface area contributed by atoms with Crippen molar-refractivity contribution in [2.75, 3.05) is 0 Å². The van der Waals surface area contributed by atoms with Crippen LogP contribution in [0.25, 0.3) is 11.4 Å². The summed E-state index contributed by atoms with van der Waals surface area (Å²) in [5.41, 5.74) is 0.778. The third kappa shape index (κ3) is 3.94. The van der Waals surface area contributed by atoms with Crippen molar-refractivity contribution in [2.45, 2.75) is 32.8 Å². The number of carbonyl (C=O) groups is 1. The summed E-state index contributed by atoms with van der Waals surface area (Å²) in [4.78, 5) is 14.9. The quantitative estimate of drug-likeness (QED) is 0.791. The number of rotatable bonds is 7. The number of aliphatic carboxylic acids is 1. The van der Waals surface area contributed by atoms with Gasteiger partial charge >= 0.3 is 5.97 Å². The summed E-state index contributed by atoms with van der Waals surface area (Å²) in [6.07, 6.45) is 1.12. The first kappa shape index (κ1) is 15.8. The number of nitrogens with zero attached hydrogens (tertiary/aromatic N) is 2. The Morgan fingerprint density at radius 3 is 2.68 bits per heavy atom. The van der Waals surface area contributed by atoms with E-state index in [1.54, 1.807) is 0 Å². The Morgan fingerprint density at radius 1 is 1.41 bits per heavy atom. The number of hydrogen-bond donors (Lipinski definition) is 1. The Kier molecular flexibility index (Phi) is 4.93. The average molecular weight is 302 g/mol.